The smallest absolute Gasteiger partial charge is 0.416 e. The van der Waals surface area contributed by atoms with E-state index in [1.54, 1.807) is 6.07 Å². The molecule has 2 N–H and O–H groups in total. The molecule has 0 aliphatic carbocycles. The van der Waals surface area contributed by atoms with Crippen molar-refractivity contribution in [1.82, 2.24) is 19.8 Å². The number of alkyl halides is 3. The summed E-state index contributed by atoms with van der Waals surface area (Å²) < 4.78 is 72.2. The maximum atomic E-state index is 13.2. The van der Waals surface area contributed by atoms with Crippen molar-refractivity contribution in [2.75, 3.05) is 13.1 Å². The molecule has 1 aromatic carbocycles. The molecule has 0 saturated carbocycles. The van der Waals surface area contributed by atoms with E-state index in [1.165, 1.54) is 40.8 Å². The van der Waals surface area contributed by atoms with Gasteiger partial charge in [0, 0.05) is 25.8 Å². The number of hydrogen-bond donors (Lipinski definition) is 2. The molecule has 1 aliphatic rings. The number of nitrogens with one attached hydrogen (secondary N) is 2. The molecule has 1 amide bonds. The maximum Gasteiger partial charge on any atom is 0.416 e. The predicted octanol–water partition coefficient (Wildman–Crippen LogP) is 3.41. The Labute approximate surface area is 187 Å². The largest absolute Gasteiger partial charge is 0.442 e. The number of furan rings is 1. The number of H-pyrrole nitrogens is 1. The van der Waals surface area contributed by atoms with Gasteiger partial charge in [0.25, 0.3) is 10.0 Å². The number of piperidine rings is 1. The number of rotatable bonds is 6. The van der Waals surface area contributed by atoms with Gasteiger partial charge in [-0.15, -0.1) is 0 Å². The number of hydrogen-bond acceptors (Lipinski definition) is 5. The van der Waals surface area contributed by atoms with Gasteiger partial charge < -0.3 is 9.73 Å². The zero-order valence-electron chi connectivity index (χ0n) is 17.3. The lowest BCUT2D eigenvalue weighted by molar-refractivity contribution is -0.138. The van der Waals surface area contributed by atoms with Crippen molar-refractivity contribution in [3.8, 4) is 11.5 Å². The number of sulfonamides is 1. The van der Waals surface area contributed by atoms with Crippen LogP contribution in [0.1, 0.15) is 24.0 Å². The third-order valence-corrected chi connectivity index (χ3v) is 7.21. The fraction of sp³-hybridized carbons (Fsp3) is 0.333. The Morgan fingerprint density at radius 2 is 2.00 bits per heavy atom. The molecule has 0 radical (unpaired) electrons. The van der Waals surface area contributed by atoms with Crippen LogP contribution in [0.3, 0.4) is 0 Å². The normalized spacial score (nSPS) is 17.7. The summed E-state index contributed by atoms with van der Waals surface area (Å²) in [6.45, 7) is -0.179. The molecule has 1 atom stereocenters. The van der Waals surface area contributed by atoms with Crippen LogP contribution >= 0.6 is 0 Å². The van der Waals surface area contributed by atoms with Gasteiger partial charge in [-0.2, -0.15) is 22.6 Å². The van der Waals surface area contributed by atoms with Crippen LogP contribution in [0.5, 0.6) is 0 Å². The van der Waals surface area contributed by atoms with Crippen molar-refractivity contribution in [2.45, 2.75) is 30.7 Å². The van der Waals surface area contributed by atoms with Crippen molar-refractivity contribution in [3.05, 3.63) is 59.8 Å². The summed E-state index contributed by atoms with van der Waals surface area (Å²) in [4.78, 5) is 12.7. The zero-order valence-corrected chi connectivity index (χ0v) is 18.1. The average molecular weight is 482 g/mol. The molecule has 12 heteroatoms. The van der Waals surface area contributed by atoms with Crippen molar-refractivity contribution in [1.29, 1.82) is 0 Å². The first-order valence-electron chi connectivity index (χ1n) is 10.2. The Kier molecular flexibility index (Phi) is 6.30. The number of aromatic nitrogens is 2. The Morgan fingerprint density at radius 1 is 1.21 bits per heavy atom. The summed E-state index contributed by atoms with van der Waals surface area (Å²) >= 11 is 0. The first-order chi connectivity index (χ1) is 15.7. The molecule has 176 valence electrons. The van der Waals surface area contributed by atoms with Crippen LogP contribution in [-0.4, -0.2) is 41.9 Å². The molecule has 33 heavy (non-hydrogen) atoms. The predicted molar refractivity (Wildman–Crippen MR) is 111 cm³/mol. The van der Waals surface area contributed by atoms with Crippen LogP contribution in [0.15, 0.2) is 58.2 Å². The second kappa shape index (κ2) is 9.02. The van der Waals surface area contributed by atoms with Gasteiger partial charge in [0.2, 0.25) is 11.0 Å². The van der Waals surface area contributed by atoms with E-state index in [9.17, 15) is 26.4 Å². The molecular weight excluding hydrogens is 461 g/mol. The standard InChI is InChI=1S/C21H21F3N4O4S/c22-21(23,24)16-6-2-1-4-14(16)12-25-20(29)15-5-3-11-28(13-15)33(30,31)19-8-7-18(32-19)17-9-10-26-27-17/h1-2,4,6-10,15H,3,5,11-13H2,(H,25,29)(H,26,27). The van der Waals surface area contributed by atoms with Gasteiger partial charge in [-0.25, -0.2) is 8.42 Å². The van der Waals surface area contributed by atoms with Crippen molar-refractivity contribution < 1.29 is 30.8 Å². The number of aromatic amines is 1. The van der Waals surface area contributed by atoms with E-state index in [2.05, 4.69) is 15.5 Å². The highest BCUT2D eigenvalue weighted by Gasteiger charge is 2.36. The summed E-state index contributed by atoms with van der Waals surface area (Å²) in [5, 5.41) is 8.74. The number of amides is 1. The van der Waals surface area contributed by atoms with Gasteiger partial charge in [-0.3, -0.25) is 9.89 Å². The van der Waals surface area contributed by atoms with Crippen LogP contribution in [0.25, 0.3) is 11.5 Å². The molecule has 4 rings (SSSR count). The van der Waals surface area contributed by atoms with Crippen LogP contribution < -0.4 is 5.32 Å². The third-order valence-electron chi connectivity index (χ3n) is 5.47. The molecule has 0 bridgehead atoms. The minimum absolute atomic E-state index is 0.0550. The Bertz CT molecular complexity index is 1220. The van der Waals surface area contributed by atoms with Crippen LogP contribution in [0, 0.1) is 5.92 Å². The summed E-state index contributed by atoms with van der Waals surface area (Å²) in [5.74, 6) is -0.876. The van der Waals surface area contributed by atoms with Crippen molar-refractivity contribution in [2.24, 2.45) is 5.92 Å². The number of carbonyl (C=O) groups is 1. The number of carbonyl (C=O) groups excluding carboxylic acids is 1. The lowest BCUT2D eigenvalue weighted by Gasteiger charge is -2.30. The van der Waals surface area contributed by atoms with Gasteiger partial charge in [-0.05, 0) is 42.7 Å². The molecule has 0 spiro atoms. The quantitative estimate of drug-likeness (QED) is 0.560. The first kappa shape index (κ1) is 23.1. The first-order valence-corrected chi connectivity index (χ1v) is 11.6. The average Bonchev–Trinajstić information content (AvgIpc) is 3.49. The van der Waals surface area contributed by atoms with Crippen molar-refractivity contribution >= 4 is 15.9 Å². The molecule has 1 saturated heterocycles. The van der Waals surface area contributed by atoms with Gasteiger partial charge in [0.15, 0.2) is 5.76 Å². The fourth-order valence-electron chi connectivity index (χ4n) is 3.78. The van der Waals surface area contributed by atoms with Crippen LogP contribution in [0.4, 0.5) is 13.2 Å². The highest BCUT2D eigenvalue weighted by molar-refractivity contribution is 7.89. The van der Waals surface area contributed by atoms with E-state index in [0.29, 0.717) is 24.3 Å². The van der Waals surface area contributed by atoms with E-state index in [0.717, 1.165) is 6.07 Å². The Hall–Kier alpha value is -3.12. The molecule has 2 aromatic heterocycles. The highest BCUT2D eigenvalue weighted by Crippen LogP contribution is 2.32. The monoisotopic (exact) mass is 482 g/mol. The SMILES string of the molecule is O=C(NCc1ccccc1C(F)(F)F)C1CCCN(S(=O)(=O)c2ccc(-c3ccn[nH]3)o2)C1. The number of halogens is 3. The Morgan fingerprint density at radius 3 is 2.73 bits per heavy atom. The van der Waals surface area contributed by atoms with Gasteiger partial charge in [-0.1, -0.05) is 18.2 Å². The van der Waals surface area contributed by atoms with E-state index in [-0.39, 0.29) is 30.3 Å². The highest BCUT2D eigenvalue weighted by atomic mass is 32.2. The molecule has 3 heterocycles. The van der Waals surface area contributed by atoms with Gasteiger partial charge in [0.05, 0.1) is 11.5 Å². The minimum Gasteiger partial charge on any atom is -0.442 e. The van der Waals surface area contributed by atoms with Crippen LogP contribution in [-0.2, 0) is 27.5 Å². The van der Waals surface area contributed by atoms with E-state index in [1.807, 2.05) is 0 Å². The second-order valence-electron chi connectivity index (χ2n) is 7.66. The van der Waals surface area contributed by atoms with E-state index in [4.69, 9.17) is 4.42 Å². The molecule has 1 aliphatic heterocycles. The minimum atomic E-state index is -4.53. The van der Waals surface area contributed by atoms with E-state index >= 15 is 0 Å². The Balaban J connectivity index is 1.43. The van der Waals surface area contributed by atoms with Gasteiger partial charge >= 0.3 is 6.18 Å². The molecule has 1 unspecified atom stereocenters. The second-order valence-corrected chi connectivity index (χ2v) is 9.53. The van der Waals surface area contributed by atoms with Crippen LogP contribution in [0.2, 0.25) is 0 Å². The number of nitrogens with zero attached hydrogens (tertiary/aromatic N) is 2. The summed E-state index contributed by atoms with van der Waals surface area (Å²) in [6.07, 6.45) is -2.16. The lowest BCUT2D eigenvalue weighted by atomic mass is 9.98. The lowest BCUT2D eigenvalue weighted by Crippen LogP contribution is -2.45. The molecular formula is C21H21F3N4O4S. The third kappa shape index (κ3) is 4.96. The summed E-state index contributed by atoms with van der Waals surface area (Å²) in [6, 6.07) is 9.48. The summed E-state index contributed by atoms with van der Waals surface area (Å²) in [7, 11) is -3.99. The topological polar surface area (TPSA) is 108 Å². The fourth-order valence-corrected chi connectivity index (χ4v) is 5.21. The maximum absolute atomic E-state index is 13.2. The van der Waals surface area contributed by atoms with Gasteiger partial charge in [0.1, 0.15) is 5.69 Å². The zero-order chi connectivity index (χ0) is 23.6. The molecule has 1 fully saturated rings. The number of benzene rings is 1. The summed E-state index contributed by atoms with van der Waals surface area (Å²) in [5.41, 5.74) is -0.351. The van der Waals surface area contributed by atoms with Crippen molar-refractivity contribution in [3.63, 3.8) is 0 Å². The van der Waals surface area contributed by atoms with E-state index < -0.39 is 33.6 Å². The molecule has 8 nitrogen and oxygen atoms in total. The molecule has 3 aromatic rings.